The van der Waals surface area contributed by atoms with Crippen molar-refractivity contribution in [2.75, 3.05) is 20.8 Å². The highest BCUT2D eigenvalue weighted by atomic mass is 16.6. The summed E-state index contributed by atoms with van der Waals surface area (Å²) < 4.78 is 12.8. The Bertz CT molecular complexity index is 917. The predicted molar refractivity (Wildman–Crippen MR) is 95.4 cm³/mol. The molecule has 6 nitrogen and oxygen atoms in total. The van der Waals surface area contributed by atoms with Crippen LogP contribution in [0.3, 0.4) is 0 Å². The van der Waals surface area contributed by atoms with Crippen LogP contribution in [0, 0.1) is 17.0 Å². The van der Waals surface area contributed by atoms with Gasteiger partial charge in [-0.2, -0.15) is 0 Å². The second-order valence-corrected chi connectivity index (χ2v) is 5.88. The van der Waals surface area contributed by atoms with E-state index in [4.69, 9.17) is 9.47 Å². The molecule has 0 N–H and O–H groups in total. The van der Waals surface area contributed by atoms with Gasteiger partial charge in [-0.05, 0) is 48.9 Å². The zero-order chi connectivity index (χ0) is 18.0. The lowest BCUT2D eigenvalue weighted by molar-refractivity contribution is -0.482. The third-order valence-corrected chi connectivity index (χ3v) is 4.39. The van der Waals surface area contributed by atoms with Gasteiger partial charge in [-0.15, -0.1) is 0 Å². The molecule has 0 spiro atoms. The van der Waals surface area contributed by atoms with Crippen LogP contribution in [0.2, 0.25) is 0 Å². The number of methoxy groups -OCH3 is 2. The molecule has 130 valence electrons. The summed E-state index contributed by atoms with van der Waals surface area (Å²) in [7, 11) is 3.14. The molecule has 6 heteroatoms. The van der Waals surface area contributed by atoms with E-state index >= 15 is 0 Å². The van der Waals surface area contributed by atoms with Crippen molar-refractivity contribution >= 4 is 5.52 Å². The molecule has 2 aromatic heterocycles. The number of hydrogen-bond acceptors (Lipinski definition) is 4. The van der Waals surface area contributed by atoms with Crippen molar-refractivity contribution in [1.82, 2.24) is 4.40 Å². The van der Waals surface area contributed by atoms with Gasteiger partial charge >= 0.3 is 0 Å². The van der Waals surface area contributed by atoms with Crippen LogP contribution in [0.4, 0.5) is 0 Å². The number of aryl methyl sites for hydroxylation is 1. The van der Waals surface area contributed by atoms with Crippen LogP contribution >= 0.6 is 0 Å². The van der Waals surface area contributed by atoms with E-state index in [1.54, 1.807) is 26.4 Å². The maximum atomic E-state index is 11.4. The molecule has 0 unspecified atom stereocenters. The maximum absolute atomic E-state index is 11.4. The minimum absolute atomic E-state index is 0.231. The third-order valence-electron chi connectivity index (χ3n) is 4.39. The molecule has 0 saturated carbocycles. The molecule has 3 rings (SSSR count). The molecule has 0 aliphatic rings. The van der Waals surface area contributed by atoms with Crippen molar-refractivity contribution in [2.45, 2.75) is 12.8 Å². The minimum atomic E-state index is -0.454. The van der Waals surface area contributed by atoms with E-state index in [-0.39, 0.29) is 11.5 Å². The summed E-state index contributed by atoms with van der Waals surface area (Å²) in [5.74, 6) is 0.797. The van der Waals surface area contributed by atoms with Crippen molar-refractivity contribution in [3.8, 4) is 11.5 Å². The molecular weight excluding hydrogens is 320 g/mol. The zero-order valence-corrected chi connectivity index (χ0v) is 14.4. The average Bonchev–Trinajstić information content (AvgIpc) is 2.94. The maximum Gasteiger partial charge on any atom is 0.216 e. The first-order valence-electron chi connectivity index (χ1n) is 7.95. The van der Waals surface area contributed by atoms with Gasteiger partial charge in [0.2, 0.25) is 6.54 Å². The number of hydrogen-bond donors (Lipinski definition) is 0. The monoisotopic (exact) mass is 340 g/mol. The number of rotatable bonds is 6. The van der Waals surface area contributed by atoms with Crippen molar-refractivity contribution in [3.05, 3.63) is 75.6 Å². The first-order chi connectivity index (χ1) is 12.0. The van der Waals surface area contributed by atoms with Crippen LogP contribution in [0.15, 0.2) is 48.7 Å². The third kappa shape index (κ3) is 3.15. The molecule has 0 bridgehead atoms. The fraction of sp³-hybridized carbons (Fsp3) is 0.263. The summed E-state index contributed by atoms with van der Waals surface area (Å²) in [6, 6.07) is 13.3. The van der Waals surface area contributed by atoms with E-state index in [2.05, 4.69) is 0 Å². The summed E-state index contributed by atoms with van der Waals surface area (Å²) in [6.45, 7) is 1.74. The van der Waals surface area contributed by atoms with Gasteiger partial charge in [0, 0.05) is 27.9 Å². The van der Waals surface area contributed by atoms with E-state index in [1.807, 2.05) is 47.9 Å². The van der Waals surface area contributed by atoms with Gasteiger partial charge in [0.25, 0.3) is 0 Å². The first-order valence-corrected chi connectivity index (χ1v) is 7.95. The minimum Gasteiger partial charge on any atom is -0.497 e. The van der Waals surface area contributed by atoms with Crippen LogP contribution in [0.1, 0.15) is 22.7 Å². The number of ether oxygens (including phenoxy) is 2. The Morgan fingerprint density at radius 1 is 1.16 bits per heavy atom. The smallest absolute Gasteiger partial charge is 0.216 e. The molecule has 0 aliphatic carbocycles. The van der Waals surface area contributed by atoms with Gasteiger partial charge in [-0.1, -0.05) is 6.07 Å². The molecule has 25 heavy (non-hydrogen) atoms. The molecular formula is C19H20N2O4. The van der Waals surface area contributed by atoms with Crippen LogP contribution in [-0.2, 0) is 0 Å². The lowest BCUT2D eigenvalue weighted by atomic mass is 9.92. The SMILES string of the molecule is COc1ccc(OC)c([C@H](C[N+](=O)[O-])c2c(C)cc3ccccn23)c1. The fourth-order valence-electron chi connectivity index (χ4n) is 3.31. The average molecular weight is 340 g/mol. The molecule has 0 radical (unpaired) electrons. The fourth-order valence-corrected chi connectivity index (χ4v) is 3.31. The van der Waals surface area contributed by atoms with Gasteiger partial charge in [0.15, 0.2) is 0 Å². The molecule has 0 aliphatic heterocycles. The normalized spacial score (nSPS) is 12.1. The van der Waals surface area contributed by atoms with Crippen molar-refractivity contribution in [3.63, 3.8) is 0 Å². The van der Waals surface area contributed by atoms with Crippen LogP contribution in [0.25, 0.3) is 5.52 Å². The topological polar surface area (TPSA) is 66.0 Å². The molecule has 2 heterocycles. The summed E-state index contributed by atoms with van der Waals surface area (Å²) in [5.41, 5.74) is 3.64. The van der Waals surface area contributed by atoms with E-state index in [0.717, 1.165) is 22.3 Å². The Balaban J connectivity index is 2.25. The highest BCUT2D eigenvalue weighted by Gasteiger charge is 2.28. The zero-order valence-electron chi connectivity index (χ0n) is 14.4. The van der Waals surface area contributed by atoms with E-state index in [1.165, 1.54) is 0 Å². The van der Waals surface area contributed by atoms with Gasteiger partial charge in [0.1, 0.15) is 11.5 Å². The number of nitrogens with zero attached hydrogens (tertiary/aromatic N) is 2. The lowest BCUT2D eigenvalue weighted by Gasteiger charge is -2.19. The molecule has 1 atom stereocenters. The lowest BCUT2D eigenvalue weighted by Crippen LogP contribution is -2.17. The van der Waals surface area contributed by atoms with Crippen molar-refractivity contribution < 1.29 is 14.4 Å². The molecule has 0 saturated heterocycles. The molecule has 3 aromatic rings. The van der Waals surface area contributed by atoms with Crippen molar-refractivity contribution in [2.24, 2.45) is 0 Å². The highest BCUT2D eigenvalue weighted by Crippen LogP contribution is 2.37. The van der Waals surface area contributed by atoms with Crippen molar-refractivity contribution in [1.29, 1.82) is 0 Å². The molecule has 0 fully saturated rings. The van der Waals surface area contributed by atoms with Gasteiger partial charge in [-0.25, -0.2) is 0 Å². The van der Waals surface area contributed by atoms with Gasteiger partial charge in [-0.3, -0.25) is 10.1 Å². The number of benzene rings is 1. The van der Waals surface area contributed by atoms with Gasteiger partial charge in [0.05, 0.1) is 20.1 Å². The standard InChI is InChI=1S/C19H20N2O4/c1-13-10-14-6-4-5-9-20(14)19(13)17(12-21(22)23)16-11-15(24-2)7-8-18(16)25-3/h4-11,17H,12H2,1-3H3/t17-/m0/s1. The summed E-state index contributed by atoms with van der Waals surface area (Å²) in [6.07, 6.45) is 1.93. The van der Waals surface area contributed by atoms with Gasteiger partial charge < -0.3 is 13.9 Å². The Morgan fingerprint density at radius 3 is 2.64 bits per heavy atom. The Hall–Kier alpha value is -3.02. The quantitative estimate of drug-likeness (QED) is 0.507. The highest BCUT2D eigenvalue weighted by molar-refractivity contribution is 5.56. The van der Waals surface area contributed by atoms with Crippen LogP contribution in [-0.4, -0.2) is 30.1 Å². The van der Waals surface area contributed by atoms with E-state index < -0.39 is 5.92 Å². The van der Waals surface area contributed by atoms with E-state index in [0.29, 0.717) is 11.5 Å². The number of pyridine rings is 1. The summed E-state index contributed by atoms with van der Waals surface area (Å²) in [5, 5.41) is 11.4. The second kappa shape index (κ2) is 6.84. The molecule has 1 aromatic carbocycles. The first kappa shape index (κ1) is 16.8. The number of aromatic nitrogens is 1. The Labute approximate surface area is 145 Å². The number of nitro groups is 1. The Morgan fingerprint density at radius 2 is 1.96 bits per heavy atom. The number of fused-ring (bicyclic) bond motifs is 1. The molecule has 0 amide bonds. The van der Waals surface area contributed by atoms with E-state index in [9.17, 15) is 10.1 Å². The van der Waals surface area contributed by atoms with Crippen LogP contribution in [0.5, 0.6) is 11.5 Å². The largest absolute Gasteiger partial charge is 0.497 e. The summed E-state index contributed by atoms with van der Waals surface area (Å²) >= 11 is 0. The Kier molecular flexibility index (Phi) is 4.61. The second-order valence-electron chi connectivity index (χ2n) is 5.88. The summed E-state index contributed by atoms with van der Waals surface area (Å²) in [4.78, 5) is 11.1. The van der Waals surface area contributed by atoms with Crippen LogP contribution < -0.4 is 9.47 Å². The predicted octanol–water partition coefficient (Wildman–Crippen LogP) is 3.67.